The summed E-state index contributed by atoms with van der Waals surface area (Å²) in [5.74, 6) is 0. The van der Waals surface area contributed by atoms with Crippen molar-refractivity contribution in [1.82, 2.24) is 0 Å². The van der Waals surface area contributed by atoms with Crippen molar-refractivity contribution >= 4 is 43.7 Å². The maximum Gasteiger partial charge on any atom is -0.00307 e. The Morgan fingerprint density at radius 2 is 1.33 bits per heavy atom. The van der Waals surface area contributed by atoms with Crippen LogP contribution in [0.2, 0.25) is 0 Å². The molecule has 0 aliphatic heterocycles. The van der Waals surface area contributed by atoms with Crippen molar-refractivity contribution < 1.29 is 0 Å². The molecule has 0 aromatic heterocycles. The molecule has 6 heteroatoms. The van der Waals surface area contributed by atoms with E-state index in [9.17, 15) is 0 Å². The Kier molecular flexibility index (Phi) is 2.71. The molecule has 0 unspecified atom stereocenters. The summed E-state index contributed by atoms with van der Waals surface area (Å²) in [6, 6.07) is 0. The lowest BCUT2D eigenvalue weighted by molar-refractivity contribution is 3.76. The van der Waals surface area contributed by atoms with Gasteiger partial charge in [-0.15, -0.1) is 0 Å². The molecular formula is B6-. The van der Waals surface area contributed by atoms with Crippen LogP contribution in [-0.4, -0.2) is 43.7 Å². The van der Waals surface area contributed by atoms with Gasteiger partial charge in [-0.25, -0.2) is 6.39 Å². The Balaban J connectivity index is 2.99. The van der Waals surface area contributed by atoms with Crippen LogP contribution in [0.15, 0.2) is 0 Å². The van der Waals surface area contributed by atoms with E-state index in [1.165, 1.54) is 0 Å². The summed E-state index contributed by atoms with van der Waals surface area (Å²) in [4.78, 5) is 0. The number of hydrogen-bond donors (Lipinski definition) is 0. The topological polar surface area (TPSA) is 0 Å². The summed E-state index contributed by atoms with van der Waals surface area (Å²) in [6.45, 7) is 0. The molecule has 0 aliphatic carbocycles. The normalized spacial score (nSPS) is 7.50. The SMILES string of the molecule is [B]B([B])B([B])[B-]. The van der Waals surface area contributed by atoms with Crippen LogP contribution in [-0.2, 0) is 0 Å². The Labute approximate surface area is 44.5 Å². The Hall–Kier alpha value is 0.390. The first kappa shape index (κ1) is 6.39. The Morgan fingerprint density at radius 3 is 1.33 bits per heavy atom. The van der Waals surface area contributed by atoms with Crippen LogP contribution in [0.25, 0.3) is 0 Å². The predicted molar refractivity (Wildman–Crippen MR) is 34.5 cm³/mol. The smallest absolute Gasteiger partial charge is 0.00307 e. The van der Waals surface area contributed by atoms with Gasteiger partial charge in [0.25, 0.3) is 0 Å². The fourth-order valence-electron chi connectivity index (χ4n) is 0. The average molecular weight is 64.9 g/mol. The fraction of sp³-hybridized carbons (Fsp3) is 0. The van der Waals surface area contributed by atoms with Crippen LogP contribution in [0, 0.1) is 0 Å². The van der Waals surface area contributed by atoms with Gasteiger partial charge < -0.3 is 7.74 Å². The molecule has 0 aliphatic rings. The van der Waals surface area contributed by atoms with E-state index >= 15 is 0 Å². The van der Waals surface area contributed by atoms with Gasteiger partial charge in [-0.05, 0) is 29.6 Å². The zero-order chi connectivity index (χ0) is 5.15. The van der Waals surface area contributed by atoms with Crippen LogP contribution in [0.4, 0.5) is 0 Å². The number of rotatable bonds is 1. The maximum absolute atomic E-state index is 4.96. The second kappa shape index (κ2) is 2.54. The summed E-state index contributed by atoms with van der Waals surface area (Å²) >= 11 is 0. The number of hydrogen-bond acceptors (Lipinski definition) is 0. The van der Waals surface area contributed by atoms with Gasteiger partial charge in [0, 0.05) is 0 Å². The van der Waals surface area contributed by atoms with Gasteiger partial charge in [-0.2, -0.15) is 0 Å². The molecule has 0 spiro atoms. The lowest BCUT2D eigenvalue weighted by Gasteiger charge is -2.18. The van der Waals surface area contributed by atoms with Crippen molar-refractivity contribution in [3.8, 4) is 0 Å². The van der Waals surface area contributed by atoms with Crippen LogP contribution < -0.4 is 0 Å². The average Bonchev–Trinajstić information content (AvgIpc) is 1.36. The van der Waals surface area contributed by atoms with Gasteiger partial charge in [0.1, 0.15) is 0 Å². The second-order valence-corrected chi connectivity index (χ2v) is 1.15. The lowest BCUT2D eigenvalue weighted by atomic mass is 8.81. The highest BCUT2D eigenvalue weighted by molar-refractivity contribution is 7.76. The molecule has 0 N–H and O–H groups in total. The molecule has 0 saturated carbocycles. The molecule has 0 bridgehead atoms. The molecule has 6 heavy (non-hydrogen) atoms. The van der Waals surface area contributed by atoms with Gasteiger partial charge in [-0.1, -0.05) is 0 Å². The standard InChI is InChI=1S/B6/c1-5(2)6(3)4/q-1. The van der Waals surface area contributed by atoms with Crippen molar-refractivity contribution in [3.05, 3.63) is 0 Å². The van der Waals surface area contributed by atoms with Gasteiger partial charge in [0.05, 0.1) is 0 Å². The fourth-order valence-corrected chi connectivity index (χ4v) is 0. The van der Waals surface area contributed by atoms with Crippen molar-refractivity contribution in [2.75, 3.05) is 0 Å². The van der Waals surface area contributed by atoms with Gasteiger partial charge in [0.15, 0.2) is 0 Å². The molecule has 0 nitrogen and oxygen atoms in total. The molecular weight excluding hydrogens is 64.9 g/mol. The summed E-state index contributed by atoms with van der Waals surface area (Å²) in [5.41, 5.74) is 0. The van der Waals surface area contributed by atoms with Crippen molar-refractivity contribution in [1.29, 1.82) is 0 Å². The molecule has 0 amide bonds. The molecule has 0 rings (SSSR count). The monoisotopic (exact) mass is 66.1 g/mol. The first-order chi connectivity index (χ1) is 2.64. The molecule has 0 atom stereocenters. The van der Waals surface area contributed by atoms with Crippen LogP contribution in [0.5, 0.6) is 0 Å². The predicted octanol–water partition coefficient (Wildman–Crippen LogP) is -2.28. The summed E-state index contributed by atoms with van der Waals surface area (Å²) < 4.78 is 0. The van der Waals surface area contributed by atoms with E-state index in [2.05, 4.69) is 0 Å². The summed E-state index contributed by atoms with van der Waals surface area (Å²) in [7, 11) is 19.9. The zero-order valence-corrected chi connectivity index (χ0v) is 3.46. The van der Waals surface area contributed by atoms with E-state index in [0.717, 1.165) is 0 Å². The first-order valence-corrected chi connectivity index (χ1v) is 1.67. The molecule has 0 aromatic rings. The van der Waals surface area contributed by atoms with Gasteiger partial charge in [0.2, 0.25) is 0 Å². The minimum atomic E-state index is -0.593. The van der Waals surface area contributed by atoms with Crippen molar-refractivity contribution in [2.24, 2.45) is 0 Å². The summed E-state index contributed by atoms with van der Waals surface area (Å²) in [6.07, 6.45) is -1.19. The van der Waals surface area contributed by atoms with E-state index in [1.54, 1.807) is 0 Å². The first-order valence-electron chi connectivity index (χ1n) is 1.67. The van der Waals surface area contributed by atoms with Gasteiger partial charge >= 0.3 is 0 Å². The van der Waals surface area contributed by atoms with E-state index in [0.29, 0.717) is 0 Å². The molecule has 19 valence electrons. The minimum absolute atomic E-state index is 0.593. The van der Waals surface area contributed by atoms with Crippen LogP contribution in [0.1, 0.15) is 0 Å². The van der Waals surface area contributed by atoms with Crippen molar-refractivity contribution in [3.63, 3.8) is 0 Å². The van der Waals surface area contributed by atoms with E-state index in [-0.39, 0.29) is 0 Å². The third-order valence-corrected chi connectivity index (χ3v) is 0.444. The largest absolute Gasteiger partial charge is 0.687 e. The highest BCUT2D eigenvalue weighted by Crippen LogP contribution is 1.62. The molecule has 0 fully saturated rings. The van der Waals surface area contributed by atoms with Crippen LogP contribution in [0.3, 0.4) is 0 Å². The third kappa shape index (κ3) is 2.62. The summed E-state index contributed by atoms with van der Waals surface area (Å²) in [5, 5.41) is 0. The van der Waals surface area contributed by atoms with E-state index in [1.807, 2.05) is 0 Å². The maximum atomic E-state index is 4.96. The minimum Gasteiger partial charge on any atom is -0.687 e. The Bertz CT molecular complexity index is 21.0. The highest BCUT2D eigenvalue weighted by atomic mass is 12.8. The van der Waals surface area contributed by atoms with Crippen molar-refractivity contribution in [2.45, 2.75) is 0 Å². The highest BCUT2D eigenvalue weighted by Gasteiger charge is 1.87. The van der Waals surface area contributed by atoms with Crippen LogP contribution >= 0.6 is 0 Å². The zero-order valence-electron chi connectivity index (χ0n) is 3.46. The Morgan fingerprint density at radius 1 is 1.17 bits per heavy atom. The third-order valence-electron chi connectivity index (χ3n) is 0.444. The second-order valence-electron chi connectivity index (χ2n) is 1.15. The van der Waals surface area contributed by atoms with E-state index in [4.69, 9.17) is 30.9 Å². The quantitative estimate of drug-likeness (QED) is 0.302. The van der Waals surface area contributed by atoms with E-state index < -0.39 is 12.8 Å². The lowest BCUT2D eigenvalue weighted by Crippen LogP contribution is -2.38. The molecule has 9 radical (unpaired) electrons. The van der Waals surface area contributed by atoms with Gasteiger partial charge in [-0.3, -0.25) is 0 Å². The molecule has 0 aromatic carbocycles. The molecule has 0 saturated heterocycles. The molecule has 0 heterocycles.